The summed E-state index contributed by atoms with van der Waals surface area (Å²) in [5.41, 5.74) is 8.73. The first-order chi connectivity index (χ1) is 16.4. The lowest BCUT2D eigenvalue weighted by atomic mass is 10.0. The Balaban J connectivity index is 1.44. The van der Waals surface area contributed by atoms with Gasteiger partial charge in [0.1, 0.15) is 11.9 Å². The molecule has 0 saturated carbocycles. The zero-order chi connectivity index (χ0) is 23.8. The summed E-state index contributed by atoms with van der Waals surface area (Å²) in [6, 6.07) is 19.8. The highest BCUT2D eigenvalue weighted by Gasteiger charge is 2.27. The third-order valence-corrected chi connectivity index (χ3v) is 6.20. The Hall–Kier alpha value is -3.77. The predicted octanol–water partition coefficient (Wildman–Crippen LogP) is 5.36. The van der Waals surface area contributed by atoms with Crippen molar-refractivity contribution in [1.29, 1.82) is 0 Å². The van der Waals surface area contributed by atoms with Gasteiger partial charge in [0.05, 0.1) is 18.5 Å². The van der Waals surface area contributed by atoms with Crippen molar-refractivity contribution in [3.63, 3.8) is 0 Å². The summed E-state index contributed by atoms with van der Waals surface area (Å²) in [7, 11) is 5.76. The number of hydrogen-bond donors (Lipinski definition) is 2. The van der Waals surface area contributed by atoms with Crippen LogP contribution in [0, 0.1) is 0 Å². The maximum atomic E-state index is 9.53. The van der Waals surface area contributed by atoms with Crippen LogP contribution in [0.2, 0.25) is 0 Å². The number of likely N-dealkylation sites (N-methyl/N-ethyl adjacent to an activating group) is 1. The molecule has 5 rings (SSSR count). The number of ether oxygens (including phenoxy) is 2. The number of fused-ring (bicyclic) bond motifs is 3. The van der Waals surface area contributed by atoms with Gasteiger partial charge in [-0.15, -0.1) is 0 Å². The van der Waals surface area contributed by atoms with Crippen molar-refractivity contribution in [2.45, 2.75) is 19.4 Å². The molecule has 6 heteroatoms. The number of nitrogens with one attached hydrogen (secondary N) is 1. The molecule has 3 aromatic carbocycles. The van der Waals surface area contributed by atoms with E-state index in [9.17, 15) is 5.11 Å². The second-order valence-electron chi connectivity index (χ2n) is 9.08. The number of aromatic amines is 1. The Morgan fingerprint density at radius 3 is 2.26 bits per heavy atom. The standard InChI is InChI=1S/C28H29N3O3/c1-17(16-31(2)3)34-26-15-23-21(14-25(26)33-4)13-24-27(29-30-28(23)24)20-7-5-18(6-8-20)19-9-11-22(32)12-10-19/h5-12,14-15,17,32H,13,16H2,1-4H3,(H,29,30). The molecular formula is C28H29N3O3. The largest absolute Gasteiger partial charge is 0.508 e. The van der Waals surface area contributed by atoms with Gasteiger partial charge in [0.15, 0.2) is 11.5 Å². The SMILES string of the molecule is COc1cc2c(cc1OC(C)CN(C)C)-c1[nH]nc(-c3ccc(-c4ccc(O)cc4)cc3)c1C2. The molecule has 174 valence electrons. The van der Waals surface area contributed by atoms with Crippen LogP contribution in [0.4, 0.5) is 0 Å². The Morgan fingerprint density at radius 2 is 1.62 bits per heavy atom. The number of nitrogens with zero attached hydrogens (tertiary/aromatic N) is 2. The van der Waals surface area contributed by atoms with E-state index in [4.69, 9.17) is 9.47 Å². The third kappa shape index (κ3) is 4.13. The lowest BCUT2D eigenvalue weighted by Gasteiger charge is -2.20. The molecule has 1 heterocycles. The molecule has 1 aromatic heterocycles. The van der Waals surface area contributed by atoms with E-state index < -0.39 is 0 Å². The van der Waals surface area contributed by atoms with Gasteiger partial charge >= 0.3 is 0 Å². The average molecular weight is 456 g/mol. The molecule has 1 aliphatic rings. The first-order valence-electron chi connectivity index (χ1n) is 11.4. The van der Waals surface area contributed by atoms with E-state index in [0.29, 0.717) is 0 Å². The zero-order valence-electron chi connectivity index (χ0n) is 19.9. The molecule has 0 fully saturated rings. The Bertz CT molecular complexity index is 1310. The summed E-state index contributed by atoms with van der Waals surface area (Å²) in [6.45, 7) is 2.88. The fourth-order valence-electron chi connectivity index (χ4n) is 4.66. The van der Waals surface area contributed by atoms with Crippen LogP contribution in [-0.4, -0.2) is 54.1 Å². The molecule has 2 N–H and O–H groups in total. The highest BCUT2D eigenvalue weighted by molar-refractivity contribution is 5.83. The topological polar surface area (TPSA) is 70.6 Å². The van der Waals surface area contributed by atoms with E-state index >= 15 is 0 Å². The number of phenols is 1. The quantitative estimate of drug-likeness (QED) is 0.346. The van der Waals surface area contributed by atoms with Gasteiger partial charge in [-0.25, -0.2) is 0 Å². The molecule has 1 unspecified atom stereocenters. The zero-order valence-corrected chi connectivity index (χ0v) is 19.9. The summed E-state index contributed by atoms with van der Waals surface area (Å²) in [4.78, 5) is 2.11. The van der Waals surface area contributed by atoms with E-state index in [-0.39, 0.29) is 11.9 Å². The predicted molar refractivity (Wildman–Crippen MR) is 135 cm³/mol. The van der Waals surface area contributed by atoms with Crippen molar-refractivity contribution in [3.8, 4) is 50.9 Å². The molecule has 0 amide bonds. The lowest BCUT2D eigenvalue weighted by Crippen LogP contribution is -2.28. The van der Waals surface area contributed by atoms with Gasteiger partial charge in [-0.2, -0.15) is 5.10 Å². The third-order valence-electron chi connectivity index (χ3n) is 6.20. The minimum atomic E-state index is 0.0345. The molecule has 0 bridgehead atoms. The van der Waals surface area contributed by atoms with Crippen molar-refractivity contribution in [2.75, 3.05) is 27.7 Å². The maximum Gasteiger partial charge on any atom is 0.162 e. The Kier molecular flexibility index (Phi) is 5.75. The number of rotatable bonds is 7. The minimum absolute atomic E-state index is 0.0345. The lowest BCUT2D eigenvalue weighted by molar-refractivity contribution is 0.171. The molecule has 0 aliphatic heterocycles. The first kappa shape index (κ1) is 22.0. The molecule has 6 nitrogen and oxygen atoms in total. The van der Waals surface area contributed by atoms with Crippen molar-refractivity contribution < 1.29 is 14.6 Å². The first-order valence-corrected chi connectivity index (χ1v) is 11.4. The number of hydrogen-bond acceptors (Lipinski definition) is 5. The molecule has 4 aromatic rings. The monoisotopic (exact) mass is 455 g/mol. The van der Waals surface area contributed by atoms with E-state index in [1.807, 2.05) is 26.2 Å². The summed E-state index contributed by atoms with van der Waals surface area (Å²) in [5, 5.41) is 17.5. The molecular weight excluding hydrogens is 426 g/mol. The van der Waals surface area contributed by atoms with Crippen LogP contribution < -0.4 is 9.47 Å². The van der Waals surface area contributed by atoms with Gasteiger partial charge in [-0.05, 0) is 62.0 Å². The minimum Gasteiger partial charge on any atom is -0.508 e. The number of phenolic OH excluding ortho intramolecular Hbond substituents is 1. The smallest absolute Gasteiger partial charge is 0.162 e. The molecule has 1 atom stereocenters. The van der Waals surface area contributed by atoms with Crippen LogP contribution in [-0.2, 0) is 6.42 Å². The molecule has 1 aliphatic carbocycles. The van der Waals surface area contributed by atoms with Gasteiger partial charge in [0.25, 0.3) is 0 Å². The van der Waals surface area contributed by atoms with Crippen LogP contribution in [0.15, 0.2) is 60.7 Å². The van der Waals surface area contributed by atoms with Gasteiger partial charge in [0.2, 0.25) is 0 Å². The van der Waals surface area contributed by atoms with Gasteiger partial charge < -0.3 is 19.5 Å². The maximum absolute atomic E-state index is 9.53. The highest BCUT2D eigenvalue weighted by atomic mass is 16.5. The highest BCUT2D eigenvalue weighted by Crippen LogP contribution is 2.45. The van der Waals surface area contributed by atoms with E-state index in [1.54, 1.807) is 19.2 Å². The summed E-state index contributed by atoms with van der Waals surface area (Å²) < 4.78 is 11.9. The van der Waals surface area contributed by atoms with Crippen LogP contribution in [0.5, 0.6) is 17.2 Å². The number of H-pyrrole nitrogens is 1. The second kappa shape index (κ2) is 8.88. The summed E-state index contributed by atoms with van der Waals surface area (Å²) >= 11 is 0. The summed E-state index contributed by atoms with van der Waals surface area (Å²) in [6.07, 6.45) is 0.826. The van der Waals surface area contributed by atoms with Crippen LogP contribution in [0.1, 0.15) is 18.1 Å². The van der Waals surface area contributed by atoms with E-state index in [2.05, 4.69) is 58.4 Å². The average Bonchev–Trinajstić information content (AvgIpc) is 3.38. The van der Waals surface area contributed by atoms with Crippen molar-refractivity contribution >= 4 is 0 Å². The second-order valence-corrected chi connectivity index (χ2v) is 9.08. The van der Waals surface area contributed by atoms with E-state index in [0.717, 1.165) is 58.1 Å². The van der Waals surface area contributed by atoms with Crippen LogP contribution in [0.25, 0.3) is 33.6 Å². The van der Waals surface area contributed by atoms with Crippen molar-refractivity contribution in [3.05, 3.63) is 71.8 Å². The number of benzene rings is 3. The van der Waals surface area contributed by atoms with Crippen molar-refractivity contribution in [1.82, 2.24) is 15.1 Å². The normalized spacial score (nSPS) is 13.0. The fourth-order valence-corrected chi connectivity index (χ4v) is 4.66. The molecule has 34 heavy (non-hydrogen) atoms. The summed E-state index contributed by atoms with van der Waals surface area (Å²) in [5.74, 6) is 1.77. The Labute approximate surface area is 199 Å². The number of aromatic hydroxyl groups is 1. The van der Waals surface area contributed by atoms with Crippen LogP contribution in [0.3, 0.4) is 0 Å². The van der Waals surface area contributed by atoms with E-state index in [1.165, 1.54) is 11.1 Å². The number of methoxy groups -OCH3 is 1. The van der Waals surface area contributed by atoms with Gasteiger partial charge in [-0.3, -0.25) is 5.10 Å². The molecule has 0 radical (unpaired) electrons. The number of aromatic nitrogens is 2. The van der Waals surface area contributed by atoms with Gasteiger partial charge in [0, 0.05) is 29.7 Å². The van der Waals surface area contributed by atoms with Gasteiger partial charge in [-0.1, -0.05) is 36.4 Å². The Morgan fingerprint density at radius 1 is 0.971 bits per heavy atom. The molecule has 0 spiro atoms. The molecule has 0 saturated heterocycles. The van der Waals surface area contributed by atoms with Crippen LogP contribution >= 0.6 is 0 Å². The van der Waals surface area contributed by atoms with Crippen molar-refractivity contribution in [2.24, 2.45) is 0 Å². The fraction of sp³-hybridized carbons (Fsp3) is 0.250.